The Morgan fingerprint density at radius 3 is 1.96 bits per heavy atom. The van der Waals surface area contributed by atoms with Crippen molar-refractivity contribution in [2.24, 2.45) is 0 Å². The number of methoxy groups -OCH3 is 2. The normalized spacial score (nSPS) is 10.2. The third-order valence-electron chi connectivity index (χ3n) is 3.65. The molecular weight excluding hydrogens is 334 g/mol. The van der Waals surface area contributed by atoms with Gasteiger partial charge in [0, 0.05) is 12.4 Å². The Kier molecular flexibility index (Phi) is 4.98. The molecule has 0 aliphatic rings. The van der Waals surface area contributed by atoms with Gasteiger partial charge in [-0.2, -0.15) is 0 Å². The number of carbonyl (C=O) groups is 2. The van der Waals surface area contributed by atoms with Crippen LogP contribution in [-0.2, 0) is 9.47 Å². The van der Waals surface area contributed by atoms with Crippen molar-refractivity contribution in [2.45, 2.75) is 0 Å². The van der Waals surface area contributed by atoms with E-state index in [1.165, 1.54) is 20.3 Å². The van der Waals surface area contributed by atoms with Gasteiger partial charge in [-0.25, -0.2) is 14.6 Å². The minimum atomic E-state index is -0.703. The highest BCUT2D eigenvalue weighted by molar-refractivity contribution is 6.07. The zero-order valence-electron chi connectivity index (χ0n) is 14.2. The molecule has 130 valence electrons. The van der Waals surface area contributed by atoms with Crippen LogP contribution in [0.25, 0.3) is 22.8 Å². The van der Waals surface area contributed by atoms with Gasteiger partial charge in [0.15, 0.2) is 0 Å². The Hall–Kier alpha value is -3.61. The standard InChI is InChI=1S/C19H15N3O4/c1-25-18(23)12-11-15(13-7-3-5-9-20-13)22-17(16(12)19(24)26-2)14-8-4-6-10-21-14/h3-11H,1-2H3. The van der Waals surface area contributed by atoms with Crippen molar-refractivity contribution in [1.82, 2.24) is 15.0 Å². The predicted octanol–water partition coefficient (Wildman–Crippen LogP) is 2.78. The fourth-order valence-electron chi connectivity index (χ4n) is 2.46. The number of esters is 2. The van der Waals surface area contributed by atoms with Crippen LogP contribution in [0, 0.1) is 0 Å². The van der Waals surface area contributed by atoms with Gasteiger partial charge in [0.1, 0.15) is 11.3 Å². The summed E-state index contributed by atoms with van der Waals surface area (Å²) in [7, 11) is 2.48. The molecule has 0 aliphatic heterocycles. The van der Waals surface area contributed by atoms with Gasteiger partial charge in [0.25, 0.3) is 0 Å². The molecule has 0 saturated heterocycles. The van der Waals surface area contributed by atoms with Gasteiger partial charge >= 0.3 is 11.9 Å². The summed E-state index contributed by atoms with van der Waals surface area (Å²) in [5.41, 5.74) is 1.65. The SMILES string of the molecule is COC(=O)c1cc(-c2ccccn2)nc(-c2ccccn2)c1C(=O)OC. The molecule has 0 N–H and O–H groups in total. The highest BCUT2D eigenvalue weighted by Crippen LogP contribution is 2.28. The minimum Gasteiger partial charge on any atom is -0.465 e. The number of aromatic nitrogens is 3. The molecule has 3 rings (SSSR count). The molecule has 7 nitrogen and oxygen atoms in total. The molecule has 3 aromatic heterocycles. The van der Waals surface area contributed by atoms with Crippen LogP contribution in [0.4, 0.5) is 0 Å². The largest absolute Gasteiger partial charge is 0.465 e. The topological polar surface area (TPSA) is 91.3 Å². The summed E-state index contributed by atoms with van der Waals surface area (Å²) in [6, 6.07) is 12.0. The van der Waals surface area contributed by atoms with E-state index in [2.05, 4.69) is 15.0 Å². The van der Waals surface area contributed by atoms with Gasteiger partial charge in [-0.1, -0.05) is 12.1 Å². The molecule has 0 bridgehead atoms. The Morgan fingerprint density at radius 1 is 0.808 bits per heavy atom. The van der Waals surface area contributed by atoms with Crippen molar-refractivity contribution >= 4 is 11.9 Å². The van der Waals surface area contributed by atoms with Crippen LogP contribution in [0.2, 0.25) is 0 Å². The maximum Gasteiger partial charge on any atom is 0.341 e. The van der Waals surface area contributed by atoms with Crippen LogP contribution in [0.15, 0.2) is 54.9 Å². The molecule has 0 fully saturated rings. The van der Waals surface area contributed by atoms with E-state index in [1.54, 1.807) is 48.8 Å². The lowest BCUT2D eigenvalue weighted by Crippen LogP contribution is -2.15. The molecule has 3 heterocycles. The molecule has 0 amide bonds. The van der Waals surface area contributed by atoms with Crippen LogP contribution in [0.5, 0.6) is 0 Å². The van der Waals surface area contributed by atoms with Crippen LogP contribution >= 0.6 is 0 Å². The van der Waals surface area contributed by atoms with E-state index in [1.807, 2.05) is 0 Å². The summed E-state index contributed by atoms with van der Waals surface area (Å²) in [4.78, 5) is 37.7. The zero-order chi connectivity index (χ0) is 18.5. The number of pyridine rings is 3. The fraction of sp³-hybridized carbons (Fsp3) is 0.105. The molecule has 0 atom stereocenters. The zero-order valence-corrected chi connectivity index (χ0v) is 14.2. The second kappa shape index (κ2) is 7.52. The lowest BCUT2D eigenvalue weighted by atomic mass is 10.0. The number of carbonyl (C=O) groups excluding carboxylic acids is 2. The van der Waals surface area contributed by atoms with Crippen molar-refractivity contribution < 1.29 is 19.1 Å². The van der Waals surface area contributed by atoms with Crippen molar-refractivity contribution in [1.29, 1.82) is 0 Å². The van der Waals surface area contributed by atoms with Gasteiger partial charge in [0.2, 0.25) is 0 Å². The number of nitrogens with zero attached hydrogens (tertiary/aromatic N) is 3. The molecule has 7 heteroatoms. The number of hydrogen-bond acceptors (Lipinski definition) is 7. The average molecular weight is 349 g/mol. The first-order valence-corrected chi connectivity index (χ1v) is 7.70. The first-order valence-electron chi connectivity index (χ1n) is 7.70. The Morgan fingerprint density at radius 2 is 1.42 bits per heavy atom. The van der Waals surface area contributed by atoms with E-state index < -0.39 is 11.9 Å². The van der Waals surface area contributed by atoms with E-state index in [0.717, 1.165) is 0 Å². The van der Waals surface area contributed by atoms with Crippen molar-refractivity contribution in [2.75, 3.05) is 14.2 Å². The maximum absolute atomic E-state index is 12.4. The third-order valence-corrected chi connectivity index (χ3v) is 3.65. The first-order chi connectivity index (χ1) is 12.7. The molecule has 0 aromatic carbocycles. The lowest BCUT2D eigenvalue weighted by molar-refractivity contribution is 0.0555. The van der Waals surface area contributed by atoms with Crippen molar-refractivity contribution in [3.05, 3.63) is 66.0 Å². The first kappa shape index (κ1) is 17.2. The smallest absolute Gasteiger partial charge is 0.341 e. The van der Waals surface area contributed by atoms with Gasteiger partial charge in [0.05, 0.1) is 36.9 Å². The Balaban J connectivity index is 2.35. The highest BCUT2D eigenvalue weighted by atomic mass is 16.5. The second-order valence-electron chi connectivity index (χ2n) is 5.19. The lowest BCUT2D eigenvalue weighted by Gasteiger charge is -2.13. The predicted molar refractivity (Wildman–Crippen MR) is 93.4 cm³/mol. The summed E-state index contributed by atoms with van der Waals surface area (Å²) in [6.07, 6.45) is 3.19. The van der Waals surface area contributed by atoms with E-state index >= 15 is 0 Å². The molecular formula is C19H15N3O4. The van der Waals surface area contributed by atoms with Crippen LogP contribution in [0.1, 0.15) is 20.7 Å². The van der Waals surface area contributed by atoms with Crippen molar-refractivity contribution in [3.8, 4) is 22.8 Å². The molecule has 0 radical (unpaired) electrons. The van der Waals surface area contributed by atoms with Crippen LogP contribution < -0.4 is 0 Å². The van der Waals surface area contributed by atoms with E-state index in [9.17, 15) is 9.59 Å². The Labute approximate surface area is 149 Å². The highest BCUT2D eigenvalue weighted by Gasteiger charge is 2.26. The number of hydrogen-bond donors (Lipinski definition) is 0. The number of rotatable bonds is 4. The van der Waals surface area contributed by atoms with Gasteiger partial charge < -0.3 is 9.47 Å². The summed E-state index contributed by atoms with van der Waals surface area (Å²) in [5.74, 6) is -1.38. The fourth-order valence-corrected chi connectivity index (χ4v) is 2.46. The summed E-state index contributed by atoms with van der Waals surface area (Å²) >= 11 is 0. The van der Waals surface area contributed by atoms with Crippen molar-refractivity contribution in [3.63, 3.8) is 0 Å². The number of ether oxygens (including phenoxy) is 2. The summed E-state index contributed by atoms with van der Waals surface area (Å²) in [6.45, 7) is 0. The van der Waals surface area contributed by atoms with E-state index in [-0.39, 0.29) is 16.8 Å². The summed E-state index contributed by atoms with van der Waals surface area (Å²) in [5, 5.41) is 0. The molecule has 0 aliphatic carbocycles. The average Bonchev–Trinajstić information content (AvgIpc) is 2.72. The van der Waals surface area contributed by atoms with Crippen LogP contribution in [-0.4, -0.2) is 41.1 Å². The molecule has 26 heavy (non-hydrogen) atoms. The van der Waals surface area contributed by atoms with Gasteiger partial charge in [-0.3, -0.25) is 9.97 Å². The van der Waals surface area contributed by atoms with E-state index in [0.29, 0.717) is 17.1 Å². The third kappa shape index (κ3) is 3.27. The van der Waals surface area contributed by atoms with E-state index in [4.69, 9.17) is 9.47 Å². The molecule has 0 saturated carbocycles. The quantitative estimate of drug-likeness (QED) is 0.669. The van der Waals surface area contributed by atoms with Gasteiger partial charge in [-0.15, -0.1) is 0 Å². The summed E-state index contributed by atoms with van der Waals surface area (Å²) < 4.78 is 9.69. The second-order valence-corrected chi connectivity index (χ2v) is 5.19. The van der Waals surface area contributed by atoms with Gasteiger partial charge in [-0.05, 0) is 30.3 Å². The monoisotopic (exact) mass is 349 g/mol. The molecule has 3 aromatic rings. The molecule has 0 unspecified atom stereocenters. The minimum absolute atomic E-state index is 0.00210. The molecule has 0 spiro atoms. The maximum atomic E-state index is 12.4. The Bertz CT molecular complexity index is 944. The van der Waals surface area contributed by atoms with Crippen LogP contribution in [0.3, 0.4) is 0 Å².